The van der Waals surface area contributed by atoms with Gasteiger partial charge in [0.05, 0.1) is 6.67 Å². The quantitative estimate of drug-likeness (QED) is 0.356. The molecule has 1 fully saturated rings. The van der Waals surface area contributed by atoms with Gasteiger partial charge in [0, 0.05) is 13.1 Å². The van der Waals surface area contributed by atoms with Gasteiger partial charge in [0.2, 0.25) is 0 Å². The average molecular weight is 70.1 g/mol. The van der Waals surface area contributed by atoms with Crippen molar-refractivity contribution in [2.24, 2.45) is 0 Å². The van der Waals surface area contributed by atoms with E-state index in [9.17, 15) is 0 Å². The van der Waals surface area contributed by atoms with E-state index in [0.29, 0.717) is 0 Å². The fraction of sp³-hybridized carbons (Fsp3) is 1.00. The fourth-order valence-corrected chi connectivity index (χ4v) is 0.354. The van der Waals surface area contributed by atoms with Gasteiger partial charge in [-0.1, -0.05) is 0 Å². The third-order valence-electron chi connectivity index (χ3n) is 0.616. The van der Waals surface area contributed by atoms with E-state index in [2.05, 4.69) is 10.6 Å². The highest BCUT2D eigenvalue weighted by Gasteiger charge is 1.95. The van der Waals surface area contributed by atoms with Crippen molar-refractivity contribution in [1.82, 2.24) is 10.6 Å². The molecule has 0 saturated carbocycles. The Morgan fingerprint density at radius 2 is 1.60 bits per heavy atom. The van der Waals surface area contributed by atoms with Gasteiger partial charge in [-0.2, -0.15) is 0 Å². The van der Waals surface area contributed by atoms with Crippen LogP contribution in [0.2, 0.25) is 0 Å². The van der Waals surface area contributed by atoms with Crippen LogP contribution in [-0.2, 0) is 0 Å². The van der Waals surface area contributed by atoms with Crippen molar-refractivity contribution < 1.29 is 0 Å². The Morgan fingerprint density at radius 1 is 1.00 bits per heavy atom. The first-order chi connectivity index (χ1) is 2.50. The van der Waals surface area contributed by atoms with E-state index in [-0.39, 0.29) is 0 Å². The first kappa shape index (κ1) is 3.12. The van der Waals surface area contributed by atoms with E-state index in [4.69, 9.17) is 0 Å². The number of hydrogen-bond acceptors (Lipinski definition) is 0. The number of nitrogens with zero attached hydrogens (tertiary/aromatic N) is 2. The zero-order valence-corrected chi connectivity index (χ0v) is 3.02. The largest absolute Gasteiger partial charge is 0.224 e. The summed E-state index contributed by atoms with van der Waals surface area (Å²) in [5, 5.41) is 7.83. The fourth-order valence-electron chi connectivity index (χ4n) is 0.354. The molecule has 28 valence electrons. The summed E-state index contributed by atoms with van der Waals surface area (Å²) in [4.78, 5) is 0. The maximum atomic E-state index is 3.92. The molecule has 1 saturated heterocycles. The Bertz CT molecular complexity index is 16.5. The molecule has 1 aliphatic rings. The summed E-state index contributed by atoms with van der Waals surface area (Å²) in [5.41, 5.74) is 0. The Labute approximate surface area is 31.6 Å². The Morgan fingerprint density at radius 3 is 1.80 bits per heavy atom. The maximum Gasteiger partial charge on any atom is 0.0788 e. The molecule has 0 aromatic carbocycles. The molecule has 0 aliphatic carbocycles. The van der Waals surface area contributed by atoms with Gasteiger partial charge in [0.1, 0.15) is 0 Å². The lowest BCUT2D eigenvalue weighted by atomic mass is 10.7. The molecule has 0 unspecified atom stereocenters. The minimum Gasteiger partial charge on any atom is -0.224 e. The van der Waals surface area contributed by atoms with E-state index in [0.717, 1.165) is 19.8 Å². The van der Waals surface area contributed by atoms with Crippen LogP contribution >= 0.6 is 0 Å². The smallest absolute Gasteiger partial charge is 0.0788 e. The van der Waals surface area contributed by atoms with Crippen molar-refractivity contribution >= 4 is 0 Å². The molecule has 1 heterocycles. The number of rotatable bonds is 0. The van der Waals surface area contributed by atoms with Crippen LogP contribution in [-0.4, -0.2) is 19.8 Å². The summed E-state index contributed by atoms with van der Waals surface area (Å²) < 4.78 is 0. The molecule has 2 radical (unpaired) electrons. The normalized spacial score (nSPS) is 24.0. The third-order valence-corrected chi connectivity index (χ3v) is 0.616. The highest BCUT2D eigenvalue weighted by molar-refractivity contribution is 4.54. The van der Waals surface area contributed by atoms with Gasteiger partial charge in [-0.25, -0.2) is 10.6 Å². The molecule has 0 spiro atoms. The topological polar surface area (TPSA) is 28.2 Å². The van der Waals surface area contributed by atoms with Crippen LogP contribution in [0.3, 0.4) is 0 Å². The Balaban J connectivity index is 2.08. The van der Waals surface area contributed by atoms with Crippen LogP contribution in [0, 0.1) is 0 Å². The summed E-state index contributed by atoms with van der Waals surface area (Å²) in [6.07, 6.45) is 0. The monoisotopic (exact) mass is 70.1 g/mol. The maximum absolute atomic E-state index is 3.92. The van der Waals surface area contributed by atoms with Crippen LogP contribution in [0.4, 0.5) is 0 Å². The van der Waals surface area contributed by atoms with Gasteiger partial charge in [-0.05, 0) is 0 Å². The molecular formula is C3H6N2. The van der Waals surface area contributed by atoms with Gasteiger partial charge < -0.3 is 0 Å². The van der Waals surface area contributed by atoms with E-state index < -0.39 is 0 Å². The first-order valence-corrected chi connectivity index (χ1v) is 1.76. The molecule has 1 aliphatic heterocycles. The lowest BCUT2D eigenvalue weighted by molar-refractivity contribution is 0.783. The molecule has 0 amide bonds. The molecule has 0 atom stereocenters. The van der Waals surface area contributed by atoms with Crippen molar-refractivity contribution in [2.75, 3.05) is 19.8 Å². The summed E-state index contributed by atoms with van der Waals surface area (Å²) >= 11 is 0. The second-order valence-electron chi connectivity index (χ2n) is 1.04. The second kappa shape index (κ2) is 1.38. The molecular weight excluding hydrogens is 64.0 g/mol. The standard InChI is InChI=1S/C3H6N2/c1-2-5-3-4-1/h1-3H2. The van der Waals surface area contributed by atoms with Crippen molar-refractivity contribution in [3.8, 4) is 0 Å². The second-order valence-corrected chi connectivity index (χ2v) is 1.04. The zero-order valence-electron chi connectivity index (χ0n) is 3.02. The molecule has 0 N–H and O–H groups in total. The average Bonchev–Trinajstić information content (AvgIpc) is 1.76. The summed E-state index contributed by atoms with van der Waals surface area (Å²) in [7, 11) is 0. The van der Waals surface area contributed by atoms with Crippen LogP contribution in [0.15, 0.2) is 0 Å². The lowest BCUT2D eigenvalue weighted by Gasteiger charge is -1.71. The van der Waals surface area contributed by atoms with Crippen molar-refractivity contribution in [1.29, 1.82) is 0 Å². The van der Waals surface area contributed by atoms with E-state index in [1.165, 1.54) is 0 Å². The van der Waals surface area contributed by atoms with Crippen molar-refractivity contribution in [2.45, 2.75) is 0 Å². The molecule has 0 bridgehead atoms. The Hall–Kier alpha value is -0.0800. The van der Waals surface area contributed by atoms with Gasteiger partial charge in [0.25, 0.3) is 0 Å². The van der Waals surface area contributed by atoms with Gasteiger partial charge in [-0.15, -0.1) is 0 Å². The lowest BCUT2D eigenvalue weighted by Crippen LogP contribution is -1.97. The van der Waals surface area contributed by atoms with Gasteiger partial charge in [0.15, 0.2) is 0 Å². The van der Waals surface area contributed by atoms with Crippen LogP contribution in [0.25, 0.3) is 0 Å². The zero-order chi connectivity index (χ0) is 3.54. The molecule has 2 heteroatoms. The predicted molar refractivity (Wildman–Crippen MR) is 18.9 cm³/mol. The van der Waals surface area contributed by atoms with Gasteiger partial charge in [-0.3, -0.25) is 0 Å². The minimum absolute atomic E-state index is 0.750. The minimum atomic E-state index is 0.750. The molecule has 5 heavy (non-hydrogen) atoms. The van der Waals surface area contributed by atoms with Crippen LogP contribution in [0.1, 0.15) is 0 Å². The molecule has 0 aromatic rings. The van der Waals surface area contributed by atoms with Crippen molar-refractivity contribution in [3.63, 3.8) is 0 Å². The molecule has 2 nitrogen and oxygen atoms in total. The SMILES string of the molecule is C1C[N]C[N]1. The van der Waals surface area contributed by atoms with E-state index >= 15 is 0 Å². The molecule has 1 rings (SSSR count). The van der Waals surface area contributed by atoms with Crippen LogP contribution in [0.5, 0.6) is 0 Å². The van der Waals surface area contributed by atoms with Crippen molar-refractivity contribution in [3.05, 3.63) is 0 Å². The highest BCUT2D eigenvalue weighted by Crippen LogP contribution is 1.69. The summed E-state index contributed by atoms with van der Waals surface area (Å²) in [6.45, 7) is 2.67. The number of hydrogen-bond donors (Lipinski definition) is 0. The molecule has 0 aromatic heterocycles. The van der Waals surface area contributed by atoms with E-state index in [1.54, 1.807) is 0 Å². The first-order valence-electron chi connectivity index (χ1n) is 1.76. The van der Waals surface area contributed by atoms with Crippen LogP contribution < -0.4 is 10.6 Å². The third kappa shape index (κ3) is 0.597. The van der Waals surface area contributed by atoms with E-state index in [1.807, 2.05) is 0 Å². The summed E-state index contributed by atoms with van der Waals surface area (Å²) in [5.74, 6) is 0. The van der Waals surface area contributed by atoms with Gasteiger partial charge >= 0.3 is 0 Å². The Kier molecular flexibility index (Phi) is 0.862. The summed E-state index contributed by atoms with van der Waals surface area (Å²) in [6, 6.07) is 0. The highest BCUT2D eigenvalue weighted by atomic mass is 15.1. The predicted octanol–water partition coefficient (Wildman–Crippen LogP) is -0.834.